The van der Waals surface area contributed by atoms with E-state index in [0.717, 1.165) is 17.5 Å². The molecule has 2 atom stereocenters. The Balaban J connectivity index is 1.95. The molecule has 1 aliphatic rings. The van der Waals surface area contributed by atoms with Gasteiger partial charge in [0.05, 0.1) is 11.5 Å². The zero-order valence-electron chi connectivity index (χ0n) is 14.4. The van der Waals surface area contributed by atoms with Gasteiger partial charge in [-0.2, -0.15) is 0 Å². The molecule has 0 radical (unpaired) electrons. The van der Waals surface area contributed by atoms with Crippen molar-refractivity contribution in [1.29, 1.82) is 0 Å². The van der Waals surface area contributed by atoms with Crippen molar-refractivity contribution in [3.63, 3.8) is 0 Å². The van der Waals surface area contributed by atoms with E-state index in [0.29, 0.717) is 12.0 Å². The molecule has 0 saturated heterocycles. The number of Topliss-reactive ketones (excluding diaryl/α,β-unsaturated/α-hetero) is 1. The third kappa shape index (κ3) is 2.86. The standard InChI is InChI=1S/C21H23NO2/c1-4-15-10-11-17-13-21(3,19(14(2)23)18(17)12-15)22-20(24)16-8-6-5-7-9-16/h5-12,19H,4,13H2,1-3H3,(H,22,24)/t19-,21?/m0/s1. The van der Waals surface area contributed by atoms with E-state index in [2.05, 4.69) is 30.4 Å². The number of nitrogens with one attached hydrogen (secondary N) is 1. The molecule has 0 heterocycles. The predicted octanol–water partition coefficient (Wildman–Crippen LogP) is 3.67. The monoisotopic (exact) mass is 321 g/mol. The second-order valence-corrected chi connectivity index (χ2v) is 6.84. The van der Waals surface area contributed by atoms with Crippen molar-refractivity contribution in [3.8, 4) is 0 Å². The fourth-order valence-corrected chi connectivity index (χ4v) is 3.84. The summed E-state index contributed by atoms with van der Waals surface area (Å²) >= 11 is 0. The quantitative estimate of drug-likeness (QED) is 0.934. The molecule has 24 heavy (non-hydrogen) atoms. The first-order chi connectivity index (χ1) is 11.4. The first-order valence-corrected chi connectivity index (χ1v) is 8.44. The van der Waals surface area contributed by atoms with Crippen molar-refractivity contribution in [1.82, 2.24) is 5.32 Å². The van der Waals surface area contributed by atoms with Crippen LogP contribution in [0.2, 0.25) is 0 Å². The highest BCUT2D eigenvalue weighted by atomic mass is 16.2. The van der Waals surface area contributed by atoms with Crippen LogP contribution in [0.5, 0.6) is 0 Å². The Bertz CT molecular complexity index is 782. The SMILES string of the molecule is CCc1ccc2c(c1)[C@H](C(C)=O)C(C)(NC(=O)c1ccccc1)C2. The molecule has 0 saturated carbocycles. The third-order valence-corrected chi connectivity index (χ3v) is 4.97. The number of hydrogen-bond acceptors (Lipinski definition) is 2. The first-order valence-electron chi connectivity index (χ1n) is 8.44. The molecule has 2 aromatic carbocycles. The lowest BCUT2D eigenvalue weighted by Gasteiger charge is -2.32. The normalized spacial score (nSPS) is 22.0. The van der Waals surface area contributed by atoms with Crippen LogP contribution in [0.3, 0.4) is 0 Å². The highest BCUT2D eigenvalue weighted by Crippen LogP contribution is 2.42. The van der Waals surface area contributed by atoms with E-state index in [-0.39, 0.29) is 17.6 Å². The van der Waals surface area contributed by atoms with Gasteiger partial charge in [-0.3, -0.25) is 9.59 Å². The van der Waals surface area contributed by atoms with Gasteiger partial charge < -0.3 is 5.32 Å². The summed E-state index contributed by atoms with van der Waals surface area (Å²) in [4.78, 5) is 25.0. The largest absolute Gasteiger partial charge is 0.345 e. The van der Waals surface area contributed by atoms with Gasteiger partial charge in [0.2, 0.25) is 0 Å². The fraction of sp³-hybridized carbons (Fsp3) is 0.333. The van der Waals surface area contributed by atoms with E-state index in [1.807, 2.05) is 25.1 Å². The van der Waals surface area contributed by atoms with Gasteiger partial charge in [0.1, 0.15) is 5.78 Å². The smallest absolute Gasteiger partial charge is 0.251 e. The first kappa shape index (κ1) is 16.4. The number of hydrogen-bond donors (Lipinski definition) is 1. The van der Waals surface area contributed by atoms with Gasteiger partial charge in [-0.05, 0) is 55.5 Å². The minimum absolute atomic E-state index is 0.0952. The molecule has 1 amide bonds. The molecule has 3 rings (SSSR count). The average Bonchev–Trinajstić information content (AvgIpc) is 2.86. The maximum atomic E-state index is 12.6. The molecule has 0 aliphatic heterocycles. The van der Waals surface area contributed by atoms with Gasteiger partial charge >= 0.3 is 0 Å². The number of rotatable bonds is 4. The average molecular weight is 321 g/mol. The Morgan fingerprint density at radius 2 is 1.88 bits per heavy atom. The second-order valence-electron chi connectivity index (χ2n) is 6.84. The summed E-state index contributed by atoms with van der Waals surface area (Å²) < 4.78 is 0. The van der Waals surface area contributed by atoms with E-state index in [1.165, 1.54) is 5.56 Å². The van der Waals surface area contributed by atoms with Gasteiger partial charge in [0, 0.05) is 5.56 Å². The predicted molar refractivity (Wildman–Crippen MR) is 95.3 cm³/mol. The molecule has 0 spiro atoms. The van der Waals surface area contributed by atoms with Crippen LogP contribution >= 0.6 is 0 Å². The van der Waals surface area contributed by atoms with E-state index in [4.69, 9.17) is 0 Å². The van der Waals surface area contributed by atoms with Crippen LogP contribution < -0.4 is 5.32 Å². The van der Waals surface area contributed by atoms with Gasteiger partial charge in [0.15, 0.2) is 0 Å². The molecule has 0 fully saturated rings. The van der Waals surface area contributed by atoms with Crippen LogP contribution in [0.15, 0.2) is 48.5 Å². The van der Waals surface area contributed by atoms with Crippen molar-refractivity contribution >= 4 is 11.7 Å². The number of fused-ring (bicyclic) bond motifs is 1. The Labute approximate surface area is 143 Å². The number of aryl methyl sites for hydroxylation is 1. The highest BCUT2D eigenvalue weighted by molar-refractivity contribution is 5.96. The summed E-state index contributed by atoms with van der Waals surface area (Å²) in [6.07, 6.45) is 1.61. The zero-order chi connectivity index (χ0) is 17.3. The molecule has 2 aromatic rings. The van der Waals surface area contributed by atoms with E-state index >= 15 is 0 Å². The van der Waals surface area contributed by atoms with Crippen LogP contribution in [0.4, 0.5) is 0 Å². The second kappa shape index (κ2) is 6.23. The lowest BCUT2D eigenvalue weighted by atomic mass is 9.83. The van der Waals surface area contributed by atoms with Crippen LogP contribution in [0.1, 0.15) is 53.7 Å². The van der Waals surface area contributed by atoms with Crippen LogP contribution in [0.25, 0.3) is 0 Å². The molecule has 3 heteroatoms. The topological polar surface area (TPSA) is 46.2 Å². The maximum absolute atomic E-state index is 12.6. The molecule has 1 unspecified atom stereocenters. The Hall–Kier alpha value is -2.42. The summed E-state index contributed by atoms with van der Waals surface area (Å²) in [6.45, 7) is 5.70. The van der Waals surface area contributed by atoms with Crippen molar-refractivity contribution in [2.45, 2.75) is 45.1 Å². The van der Waals surface area contributed by atoms with E-state index in [1.54, 1.807) is 19.1 Å². The summed E-state index contributed by atoms with van der Waals surface area (Å²) in [5.74, 6) is -0.336. The van der Waals surface area contributed by atoms with Crippen molar-refractivity contribution in [3.05, 3.63) is 70.8 Å². The number of carbonyl (C=O) groups excluding carboxylic acids is 2. The molecule has 1 aliphatic carbocycles. The third-order valence-electron chi connectivity index (χ3n) is 4.97. The van der Waals surface area contributed by atoms with Gasteiger partial charge in [0.25, 0.3) is 5.91 Å². The number of ketones is 1. The number of benzene rings is 2. The fourth-order valence-electron chi connectivity index (χ4n) is 3.84. The summed E-state index contributed by atoms with van der Waals surface area (Å²) in [5, 5.41) is 3.13. The van der Waals surface area contributed by atoms with E-state index in [9.17, 15) is 9.59 Å². The molecule has 0 aromatic heterocycles. The maximum Gasteiger partial charge on any atom is 0.251 e. The van der Waals surface area contributed by atoms with E-state index < -0.39 is 5.54 Å². The Morgan fingerprint density at radius 3 is 2.50 bits per heavy atom. The summed E-state index contributed by atoms with van der Waals surface area (Å²) in [7, 11) is 0. The lowest BCUT2D eigenvalue weighted by molar-refractivity contribution is -0.119. The molecule has 0 bridgehead atoms. The van der Waals surface area contributed by atoms with Crippen LogP contribution in [-0.2, 0) is 17.6 Å². The van der Waals surface area contributed by atoms with Gasteiger partial charge in [-0.25, -0.2) is 0 Å². The molecular formula is C21H23NO2. The Morgan fingerprint density at radius 1 is 1.17 bits per heavy atom. The number of carbonyl (C=O) groups is 2. The summed E-state index contributed by atoms with van der Waals surface area (Å²) in [5.41, 5.74) is 3.47. The molecule has 3 nitrogen and oxygen atoms in total. The number of amides is 1. The summed E-state index contributed by atoms with van der Waals surface area (Å²) in [6, 6.07) is 15.5. The minimum Gasteiger partial charge on any atom is -0.345 e. The molecular weight excluding hydrogens is 298 g/mol. The molecule has 124 valence electrons. The van der Waals surface area contributed by atoms with Crippen molar-refractivity contribution in [2.24, 2.45) is 0 Å². The van der Waals surface area contributed by atoms with Gasteiger partial charge in [-0.1, -0.05) is 43.3 Å². The van der Waals surface area contributed by atoms with Crippen LogP contribution in [0, 0.1) is 0 Å². The highest BCUT2D eigenvalue weighted by Gasteiger charge is 2.46. The zero-order valence-corrected chi connectivity index (χ0v) is 14.4. The molecule has 1 N–H and O–H groups in total. The Kier molecular flexibility index (Phi) is 4.27. The van der Waals surface area contributed by atoms with Crippen molar-refractivity contribution in [2.75, 3.05) is 0 Å². The minimum atomic E-state index is -0.590. The van der Waals surface area contributed by atoms with Crippen molar-refractivity contribution < 1.29 is 9.59 Å². The van der Waals surface area contributed by atoms with Gasteiger partial charge in [-0.15, -0.1) is 0 Å². The van der Waals surface area contributed by atoms with Crippen LogP contribution in [-0.4, -0.2) is 17.2 Å². The lowest BCUT2D eigenvalue weighted by Crippen LogP contribution is -2.51.